The molecule has 1 aromatic carbocycles. The third-order valence-corrected chi connectivity index (χ3v) is 2.85. The zero-order valence-electron chi connectivity index (χ0n) is 10.3. The predicted molar refractivity (Wildman–Crippen MR) is 64.0 cm³/mol. The van der Waals surface area contributed by atoms with Crippen LogP contribution in [0.1, 0.15) is 5.56 Å². The molecule has 0 bridgehead atoms. The highest BCUT2D eigenvalue weighted by Crippen LogP contribution is 2.18. The smallest absolute Gasteiger partial charge is 0.260 e. The van der Waals surface area contributed by atoms with Gasteiger partial charge in [0.2, 0.25) is 0 Å². The van der Waals surface area contributed by atoms with Crippen molar-refractivity contribution in [3.63, 3.8) is 0 Å². The van der Waals surface area contributed by atoms with Crippen molar-refractivity contribution in [3.05, 3.63) is 29.6 Å². The lowest BCUT2D eigenvalue weighted by atomic mass is 10.2. The molecule has 2 rings (SSSR count). The van der Waals surface area contributed by atoms with Crippen LogP contribution in [0.2, 0.25) is 0 Å². The molecular formula is C13H16FNO3. The molecule has 0 spiro atoms. The van der Waals surface area contributed by atoms with Crippen LogP contribution >= 0.6 is 0 Å². The predicted octanol–water partition coefficient (Wildman–Crippen LogP) is 1.37. The van der Waals surface area contributed by atoms with Crippen molar-refractivity contribution in [2.24, 2.45) is 0 Å². The van der Waals surface area contributed by atoms with Crippen molar-refractivity contribution in [1.82, 2.24) is 4.90 Å². The average Bonchev–Trinajstić information content (AvgIpc) is 2.38. The highest BCUT2D eigenvalue weighted by atomic mass is 19.1. The molecule has 0 unspecified atom stereocenters. The normalized spacial score (nSPS) is 15.6. The van der Waals surface area contributed by atoms with Gasteiger partial charge in [0.25, 0.3) is 5.91 Å². The number of nitrogens with zero attached hydrogens (tertiary/aromatic N) is 1. The molecule has 0 atom stereocenters. The van der Waals surface area contributed by atoms with Gasteiger partial charge in [0, 0.05) is 13.1 Å². The Bertz CT molecular complexity index is 430. The number of amides is 1. The summed E-state index contributed by atoms with van der Waals surface area (Å²) in [5, 5.41) is 0. The van der Waals surface area contributed by atoms with Gasteiger partial charge in [-0.2, -0.15) is 0 Å². The Hall–Kier alpha value is -1.62. The van der Waals surface area contributed by atoms with Gasteiger partial charge in [-0.25, -0.2) is 4.39 Å². The molecule has 1 saturated heterocycles. The van der Waals surface area contributed by atoms with Crippen LogP contribution in [0.5, 0.6) is 5.75 Å². The van der Waals surface area contributed by atoms with Gasteiger partial charge in [0.1, 0.15) is 11.6 Å². The maximum Gasteiger partial charge on any atom is 0.260 e. The quantitative estimate of drug-likeness (QED) is 0.816. The molecule has 0 saturated carbocycles. The molecule has 18 heavy (non-hydrogen) atoms. The summed E-state index contributed by atoms with van der Waals surface area (Å²) >= 11 is 0. The molecule has 1 aliphatic heterocycles. The summed E-state index contributed by atoms with van der Waals surface area (Å²) in [6.07, 6.45) is 0. The van der Waals surface area contributed by atoms with Crippen LogP contribution in [-0.4, -0.2) is 43.7 Å². The summed E-state index contributed by atoms with van der Waals surface area (Å²) in [5.74, 6) is 0.166. The summed E-state index contributed by atoms with van der Waals surface area (Å²) in [4.78, 5) is 13.5. The van der Waals surface area contributed by atoms with E-state index in [1.54, 1.807) is 11.8 Å². The number of benzene rings is 1. The maximum atomic E-state index is 12.9. The molecule has 4 nitrogen and oxygen atoms in total. The number of halogens is 1. The Kier molecular flexibility index (Phi) is 4.15. The van der Waals surface area contributed by atoms with Crippen LogP contribution in [0.15, 0.2) is 18.2 Å². The largest absolute Gasteiger partial charge is 0.483 e. The van der Waals surface area contributed by atoms with Crippen molar-refractivity contribution in [2.45, 2.75) is 6.92 Å². The van der Waals surface area contributed by atoms with E-state index in [0.717, 1.165) is 0 Å². The van der Waals surface area contributed by atoms with E-state index in [9.17, 15) is 9.18 Å². The van der Waals surface area contributed by atoms with Crippen molar-refractivity contribution in [2.75, 3.05) is 32.9 Å². The third kappa shape index (κ3) is 3.20. The lowest BCUT2D eigenvalue weighted by molar-refractivity contribution is -0.137. The lowest BCUT2D eigenvalue weighted by Crippen LogP contribution is -2.43. The van der Waals surface area contributed by atoms with Crippen molar-refractivity contribution in [3.8, 4) is 5.75 Å². The van der Waals surface area contributed by atoms with E-state index in [4.69, 9.17) is 9.47 Å². The average molecular weight is 253 g/mol. The Morgan fingerprint density at radius 2 is 2.17 bits per heavy atom. The van der Waals surface area contributed by atoms with Crippen LogP contribution in [0.4, 0.5) is 4.39 Å². The highest BCUT2D eigenvalue weighted by molar-refractivity contribution is 5.77. The van der Waals surface area contributed by atoms with E-state index in [1.165, 1.54) is 18.2 Å². The number of hydrogen-bond donors (Lipinski definition) is 0. The summed E-state index contributed by atoms with van der Waals surface area (Å²) in [6.45, 7) is 4.07. The molecule has 1 fully saturated rings. The number of morpholine rings is 1. The molecule has 1 heterocycles. The minimum absolute atomic E-state index is 0.0214. The van der Waals surface area contributed by atoms with E-state index in [1.807, 2.05) is 0 Å². The lowest BCUT2D eigenvalue weighted by Gasteiger charge is -2.26. The molecule has 0 radical (unpaired) electrons. The molecule has 1 amide bonds. The number of carbonyl (C=O) groups excluding carboxylic acids is 1. The Morgan fingerprint density at radius 1 is 1.44 bits per heavy atom. The van der Waals surface area contributed by atoms with Crippen LogP contribution in [0.25, 0.3) is 0 Å². The molecule has 0 aromatic heterocycles. The van der Waals surface area contributed by atoms with Crippen LogP contribution in [0, 0.1) is 12.7 Å². The number of rotatable bonds is 3. The van der Waals surface area contributed by atoms with Crippen LogP contribution < -0.4 is 4.74 Å². The molecule has 0 aliphatic carbocycles. The number of hydrogen-bond acceptors (Lipinski definition) is 3. The van der Waals surface area contributed by atoms with Crippen molar-refractivity contribution in [1.29, 1.82) is 0 Å². The Balaban J connectivity index is 1.88. The fourth-order valence-corrected chi connectivity index (χ4v) is 1.82. The molecule has 1 aliphatic rings. The first-order chi connectivity index (χ1) is 8.66. The van der Waals surface area contributed by atoms with Gasteiger partial charge in [0.05, 0.1) is 13.2 Å². The molecule has 98 valence electrons. The Morgan fingerprint density at radius 3 is 2.83 bits per heavy atom. The maximum absolute atomic E-state index is 12.9. The molecule has 0 N–H and O–H groups in total. The molecule has 1 aromatic rings. The summed E-state index contributed by atoms with van der Waals surface area (Å²) in [6, 6.07) is 4.24. The second kappa shape index (κ2) is 5.82. The standard InChI is InChI=1S/C13H16FNO3/c1-10-8-11(14)2-3-12(10)18-9-13(16)15-4-6-17-7-5-15/h2-3,8H,4-7,9H2,1H3. The van der Waals surface area contributed by atoms with Gasteiger partial charge >= 0.3 is 0 Å². The zero-order valence-corrected chi connectivity index (χ0v) is 10.3. The summed E-state index contributed by atoms with van der Waals surface area (Å²) < 4.78 is 23.5. The fourth-order valence-electron chi connectivity index (χ4n) is 1.82. The van der Waals surface area contributed by atoms with Gasteiger partial charge in [-0.3, -0.25) is 4.79 Å². The third-order valence-electron chi connectivity index (χ3n) is 2.85. The minimum atomic E-state index is -0.306. The van der Waals surface area contributed by atoms with Gasteiger partial charge in [-0.15, -0.1) is 0 Å². The SMILES string of the molecule is Cc1cc(F)ccc1OCC(=O)N1CCOCC1. The second-order valence-corrected chi connectivity index (χ2v) is 4.19. The highest BCUT2D eigenvalue weighted by Gasteiger charge is 2.17. The molecule has 5 heteroatoms. The van der Waals surface area contributed by atoms with Gasteiger partial charge in [0.15, 0.2) is 6.61 Å². The number of aryl methyl sites for hydroxylation is 1. The van der Waals surface area contributed by atoms with E-state index in [2.05, 4.69) is 0 Å². The second-order valence-electron chi connectivity index (χ2n) is 4.19. The molecular weight excluding hydrogens is 237 g/mol. The van der Waals surface area contributed by atoms with E-state index in [0.29, 0.717) is 37.6 Å². The summed E-state index contributed by atoms with van der Waals surface area (Å²) in [7, 11) is 0. The first-order valence-electron chi connectivity index (χ1n) is 5.91. The van der Waals surface area contributed by atoms with Crippen LogP contribution in [0.3, 0.4) is 0 Å². The fraction of sp³-hybridized carbons (Fsp3) is 0.462. The minimum Gasteiger partial charge on any atom is -0.483 e. The monoisotopic (exact) mass is 253 g/mol. The van der Waals surface area contributed by atoms with Crippen LogP contribution in [-0.2, 0) is 9.53 Å². The van der Waals surface area contributed by atoms with Gasteiger partial charge < -0.3 is 14.4 Å². The summed E-state index contributed by atoms with van der Waals surface area (Å²) in [5.41, 5.74) is 0.685. The van der Waals surface area contributed by atoms with E-state index >= 15 is 0 Å². The van der Waals surface area contributed by atoms with E-state index in [-0.39, 0.29) is 18.3 Å². The number of ether oxygens (including phenoxy) is 2. The van der Waals surface area contributed by atoms with Gasteiger partial charge in [-0.1, -0.05) is 0 Å². The first kappa shape index (κ1) is 12.8. The first-order valence-corrected chi connectivity index (χ1v) is 5.91. The Labute approximate surface area is 105 Å². The van der Waals surface area contributed by atoms with E-state index < -0.39 is 0 Å². The van der Waals surface area contributed by atoms with Crippen molar-refractivity contribution >= 4 is 5.91 Å². The number of carbonyl (C=O) groups is 1. The topological polar surface area (TPSA) is 38.8 Å². The van der Waals surface area contributed by atoms with Gasteiger partial charge in [-0.05, 0) is 30.7 Å². The van der Waals surface area contributed by atoms with Crippen molar-refractivity contribution < 1.29 is 18.7 Å². The zero-order chi connectivity index (χ0) is 13.0.